The molecular weight excluding hydrogens is 394 g/mol. The van der Waals surface area contributed by atoms with Gasteiger partial charge in [-0.1, -0.05) is 41.1 Å². The first kappa shape index (κ1) is 19.1. The van der Waals surface area contributed by atoms with E-state index in [2.05, 4.69) is 15.6 Å². The molecule has 2 N–H and O–H groups in total. The van der Waals surface area contributed by atoms with Gasteiger partial charge < -0.3 is 10.2 Å². The third-order valence-corrected chi connectivity index (χ3v) is 5.00. The van der Waals surface area contributed by atoms with Crippen LogP contribution in [-0.2, 0) is 0 Å². The molecule has 0 bridgehead atoms. The fourth-order valence-electron chi connectivity index (χ4n) is 2.27. The Kier molecular flexibility index (Phi) is 5.57. The smallest absolute Gasteiger partial charge is 0.324 e. The lowest BCUT2D eigenvalue weighted by Gasteiger charge is -2.09. The van der Waals surface area contributed by atoms with Gasteiger partial charge in [0.1, 0.15) is 22.3 Å². The largest absolute Gasteiger partial charge is 0.354 e. The number of nitrogens with zero attached hydrogens (tertiary/aromatic N) is 2. The van der Waals surface area contributed by atoms with Gasteiger partial charge in [-0.2, -0.15) is 0 Å². The SMILES string of the molecule is CN(C)c1nc(-c2ccccc2Cl)c(NC(=O)Nc2ccc(F)cc2F)s1. The number of amides is 2. The molecule has 3 aromatic rings. The van der Waals surface area contributed by atoms with Gasteiger partial charge in [0.15, 0.2) is 5.13 Å². The van der Waals surface area contributed by atoms with Gasteiger partial charge in [0.05, 0.1) is 10.7 Å². The summed E-state index contributed by atoms with van der Waals surface area (Å²) in [6, 6.07) is 9.35. The number of rotatable bonds is 4. The quantitative estimate of drug-likeness (QED) is 0.603. The number of carbonyl (C=O) groups is 1. The first-order valence-electron chi connectivity index (χ1n) is 7.81. The molecular formula is C18H15ClF2N4OS. The zero-order chi connectivity index (χ0) is 19.6. The normalized spacial score (nSPS) is 10.6. The molecule has 0 aliphatic rings. The topological polar surface area (TPSA) is 57.3 Å². The first-order valence-corrected chi connectivity index (χ1v) is 9.00. The Morgan fingerprint density at radius 3 is 2.56 bits per heavy atom. The molecule has 27 heavy (non-hydrogen) atoms. The minimum Gasteiger partial charge on any atom is -0.354 e. The second kappa shape index (κ2) is 7.89. The molecule has 2 amide bonds. The lowest BCUT2D eigenvalue weighted by atomic mass is 10.1. The van der Waals surface area contributed by atoms with Crippen LogP contribution < -0.4 is 15.5 Å². The van der Waals surface area contributed by atoms with Crippen molar-refractivity contribution in [1.29, 1.82) is 0 Å². The van der Waals surface area contributed by atoms with Gasteiger partial charge in [0.2, 0.25) is 0 Å². The molecule has 0 unspecified atom stereocenters. The van der Waals surface area contributed by atoms with Crippen molar-refractivity contribution in [3.63, 3.8) is 0 Å². The molecule has 0 aliphatic carbocycles. The molecule has 3 rings (SSSR count). The molecule has 0 fully saturated rings. The zero-order valence-electron chi connectivity index (χ0n) is 14.4. The van der Waals surface area contributed by atoms with Crippen molar-refractivity contribution in [3.05, 3.63) is 59.1 Å². The molecule has 0 atom stereocenters. The highest BCUT2D eigenvalue weighted by Crippen LogP contribution is 2.39. The van der Waals surface area contributed by atoms with Crippen molar-refractivity contribution in [2.24, 2.45) is 0 Å². The summed E-state index contributed by atoms with van der Waals surface area (Å²) in [6.07, 6.45) is 0. The number of hydrogen-bond donors (Lipinski definition) is 2. The Labute approximate surface area is 163 Å². The molecule has 140 valence electrons. The summed E-state index contributed by atoms with van der Waals surface area (Å²) in [5.41, 5.74) is 1.03. The van der Waals surface area contributed by atoms with E-state index in [-0.39, 0.29) is 5.69 Å². The fraction of sp³-hybridized carbons (Fsp3) is 0.111. The van der Waals surface area contributed by atoms with Crippen molar-refractivity contribution in [3.8, 4) is 11.3 Å². The standard InChI is InChI=1S/C18H15ClF2N4OS/c1-25(2)18-23-15(11-5-3-4-6-12(11)19)16(27-18)24-17(26)22-14-8-7-10(20)9-13(14)21/h3-9H,1-2H3,(H2,22,24,26). The van der Waals surface area contributed by atoms with Gasteiger partial charge in [-0.3, -0.25) is 5.32 Å². The van der Waals surface area contributed by atoms with Crippen LogP contribution in [0.4, 0.5) is 29.4 Å². The molecule has 9 heteroatoms. The summed E-state index contributed by atoms with van der Waals surface area (Å²) < 4.78 is 26.7. The van der Waals surface area contributed by atoms with E-state index in [1.54, 1.807) is 23.1 Å². The highest BCUT2D eigenvalue weighted by atomic mass is 35.5. The second-order valence-electron chi connectivity index (χ2n) is 5.75. The first-order chi connectivity index (χ1) is 12.8. The van der Waals surface area contributed by atoms with Crippen LogP contribution in [0.15, 0.2) is 42.5 Å². The van der Waals surface area contributed by atoms with Crippen molar-refractivity contribution in [1.82, 2.24) is 4.98 Å². The molecule has 0 radical (unpaired) electrons. The molecule has 1 aromatic heterocycles. The minimum atomic E-state index is -0.866. The third-order valence-electron chi connectivity index (χ3n) is 3.53. The number of carbonyl (C=O) groups excluding carboxylic acids is 1. The molecule has 5 nitrogen and oxygen atoms in total. The molecule has 0 saturated carbocycles. The van der Waals surface area contributed by atoms with E-state index in [1.165, 1.54) is 11.3 Å². The molecule has 0 spiro atoms. The Bertz CT molecular complexity index is 993. The highest BCUT2D eigenvalue weighted by Gasteiger charge is 2.19. The lowest BCUT2D eigenvalue weighted by molar-refractivity contribution is 0.262. The van der Waals surface area contributed by atoms with Crippen molar-refractivity contribution in [2.45, 2.75) is 0 Å². The molecule has 0 saturated heterocycles. The number of anilines is 3. The van der Waals surface area contributed by atoms with Gasteiger partial charge in [0, 0.05) is 25.7 Å². The summed E-state index contributed by atoms with van der Waals surface area (Å²) in [6.45, 7) is 0. The van der Waals surface area contributed by atoms with Gasteiger partial charge in [-0.15, -0.1) is 0 Å². The number of halogens is 3. The van der Waals surface area contributed by atoms with Crippen molar-refractivity contribution < 1.29 is 13.6 Å². The van der Waals surface area contributed by atoms with E-state index in [4.69, 9.17) is 11.6 Å². The lowest BCUT2D eigenvalue weighted by Crippen LogP contribution is -2.20. The summed E-state index contributed by atoms with van der Waals surface area (Å²) in [4.78, 5) is 18.6. The van der Waals surface area contributed by atoms with Crippen LogP contribution in [-0.4, -0.2) is 25.1 Å². The van der Waals surface area contributed by atoms with E-state index < -0.39 is 17.7 Å². The molecule has 0 aliphatic heterocycles. The van der Waals surface area contributed by atoms with Crippen molar-refractivity contribution in [2.75, 3.05) is 29.6 Å². The maximum Gasteiger partial charge on any atom is 0.324 e. The van der Waals surface area contributed by atoms with Crippen LogP contribution in [0, 0.1) is 11.6 Å². The summed E-state index contributed by atoms with van der Waals surface area (Å²) in [7, 11) is 3.65. The average Bonchev–Trinajstić information content (AvgIpc) is 3.01. The van der Waals surface area contributed by atoms with Crippen LogP contribution >= 0.6 is 22.9 Å². The van der Waals surface area contributed by atoms with Gasteiger partial charge >= 0.3 is 6.03 Å². The number of thiazole rings is 1. The third kappa shape index (κ3) is 4.35. The van der Waals surface area contributed by atoms with Crippen LogP contribution in [0.2, 0.25) is 5.02 Å². The van der Waals surface area contributed by atoms with E-state index in [0.29, 0.717) is 32.5 Å². The van der Waals surface area contributed by atoms with E-state index in [0.717, 1.165) is 12.1 Å². The monoisotopic (exact) mass is 408 g/mol. The Morgan fingerprint density at radius 1 is 1.15 bits per heavy atom. The maximum absolute atomic E-state index is 13.7. The highest BCUT2D eigenvalue weighted by molar-refractivity contribution is 7.20. The van der Waals surface area contributed by atoms with Crippen LogP contribution in [0.1, 0.15) is 0 Å². The fourth-order valence-corrected chi connectivity index (χ4v) is 3.39. The Balaban J connectivity index is 1.89. The number of hydrogen-bond acceptors (Lipinski definition) is 4. The minimum absolute atomic E-state index is 0.134. The van der Waals surface area contributed by atoms with Crippen LogP contribution in [0.3, 0.4) is 0 Å². The van der Waals surface area contributed by atoms with Crippen molar-refractivity contribution >= 4 is 44.8 Å². The number of nitrogens with one attached hydrogen (secondary N) is 2. The van der Waals surface area contributed by atoms with Gasteiger partial charge in [-0.05, 0) is 18.2 Å². The number of urea groups is 1. The van der Waals surface area contributed by atoms with E-state index in [9.17, 15) is 13.6 Å². The van der Waals surface area contributed by atoms with Gasteiger partial charge in [0.25, 0.3) is 0 Å². The maximum atomic E-state index is 13.7. The van der Waals surface area contributed by atoms with E-state index >= 15 is 0 Å². The predicted molar refractivity (Wildman–Crippen MR) is 106 cm³/mol. The summed E-state index contributed by atoms with van der Waals surface area (Å²) in [5, 5.41) is 6.62. The second-order valence-corrected chi connectivity index (χ2v) is 7.14. The number of benzene rings is 2. The zero-order valence-corrected chi connectivity index (χ0v) is 16.0. The van der Waals surface area contributed by atoms with Crippen LogP contribution in [0.5, 0.6) is 0 Å². The van der Waals surface area contributed by atoms with Crippen LogP contribution in [0.25, 0.3) is 11.3 Å². The Morgan fingerprint density at radius 2 is 1.89 bits per heavy atom. The molecule has 2 aromatic carbocycles. The predicted octanol–water partition coefficient (Wildman–Crippen LogP) is 5.45. The average molecular weight is 409 g/mol. The van der Waals surface area contributed by atoms with E-state index in [1.807, 2.05) is 20.2 Å². The summed E-state index contributed by atoms with van der Waals surface area (Å²) >= 11 is 7.51. The summed E-state index contributed by atoms with van der Waals surface area (Å²) in [5.74, 6) is -1.59. The van der Waals surface area contributed by atoms with Gasteiger partial charge in [-0.25, -0.2) is 18.6 Å². The number of aromatic nitrogens is 1. The Hall–Kier alpha value is -2.71. The molecule has 1 heterocycles.